The number of aromatic nitrogens is 2. The molecule has 4 heterocycles. The van der Waals surface area contributed by atoms with Crippen molar-refractivity contribution in [2.45, 2.75) is 56.7 Å². The Morgan fingerprint density at radius 3 is 2.43 bits per heavy atom. The van der Waals surface area contributed by atoms with Gasteiger partial charge in [-0.2, -0.15) is 18.2 Å². The standard InChI is InChI=1S/C32H36ClF3N6O4/c33-23-8-4-7-21(17-23)22-11-12-42(19-22)31-39-28(32(34,35)36)27(46-31)29(44)38-24-9-10-25(37-18-24)40-13-15-41(16-14-40)30(45)26(43)20-5-2-1-3-6-20/h4,7-10,17-18,20,22,26,43H,1-3,5-6,11-16,19H2,(H,38,44)/t22?,26-/m1/s1. The van der Waals surface area contributed by atoms with Crippen LogP contribution in [0.25, 0.3) is 0 Å². The maximum atomic E-state index is 13.9. The average Bonchev–Trinajstić information content (AvgIpc) is 3.74. The smallest absolute Gasteiger partial charge is 0.417 e. The quantitative estimate of drug-likeness (QED) is 0.338. The maximum absolute atomic E-state index is 13.9. The number of anilines is 3. The fourth-order valence-electron chi connectivity index (χ4n) is 6.59. The van der Waals surface area contributed by atoms with Crippen LogP contribution in [0.4, 0.5) is 30.7 Å². The molecule has 2 aromatic heterocycles. The molecule has 2 amide bonds. The normalized spacial score (nSPS) is 20.2. The highest BCUT2D eigenvalue weighted by atomic mass is 35.5. The summed E-state index contributed by atoms with van der Waals surface area (Å²) in [5.74, 6) is -1.59. The van der Waals surface area contributed by atoms with E-state index < -0.39 is 29.6 Å². The minimum Gasteiger partial charge on any atom is -0.417 e. The second kappa shape index (κ2) is 13.5. The number of aliphatic hydroxyl groups excluding tert-OH is 1. The number of rotatable bonds is 7. The van der Waals surface area contributed by atoms with E-state index in [0.29, 0.717) is 56.5 Å². The minimum atomic E-state index is -4.90. The van der Waals surface area contributed by atoms with E-state index >= 15 is 0 Å². The Morgan fingerprint density at radius 1 is 1.00 bits per heavy atom. The lowest BCUT2D eigenvalue weighted by atomic mass is 9.85. The van der Waals surface area contributed by atoms with Crippen LogP contribution in [0, 0.1) is 5.92 Å². The van der Waals surface area contributed by atoms with E-state index in [9.17, 15) is 27.9 Å². The number of carbonyl (C=O) groups excluding carboxylic acids is 2. The lowest BCUT2D eigenvalue weighted by Gasteiger charge is -2.37. The number of hydrogen-bond donors (Lipinski definition) is 2. The molecule has 3 aromatic rings. The van der Waals surface area contributed by atoms with E-state index in [4.69, 9.17) is 16.0 Å². The SMILES string of the molecule is O=C(Nc1ccc(N2CCN(C(=O)[C@H](O)C3CCCCC3)CC2)nc1)c1oc(N2CCC(c3cccc(Cl)c3)C2)nc1C(F)(F)F. The Bertz CT molecular complexity index is 1540. The molecule has 2 atom stereocenters. The van der Waals surface area contributed by atoms with Gasteiger partial charge >= 0.3 is 6.18 Å². The molecule has 10 nitrogen and oxygen atoms in total. The Kier molecular flexibility index (Phi) is 9.42. The number of carbonyl (C=O) groups is 2. The first-order chi connectivity index (χ1) is 22.1. The Morgan fingerprint density at radius 2 is 1.76 bits per heavy atom. The van der Waals surface area contributed by atoms with Crippen molar-refractivity contribution in [1.29, 1.82) is 0 Å². The van der Waals surface area contributed by atoms with Gasteiger partial charge in [-0.3, -0.25) is 9.59 Å². The average molecular weight is 661 g/mol. The van der Waals surface area contributed by atoms with E-state index in [2.05, 4.69) is 15.3 Å². The number of nitrogens with zero attached hydrogens (tertiary/aromatic N) is 5. The van der Waals surface area contributed by atoms with Gasteiger partial charge in [-0.1, -0.05) is 43.0 Å². The molecule has 6 rings (SSSR count). The van der Waals surface area contributed by atoms with Crippen LogP contribution in [-0.2, 0) is 11.0 Å². The van der Waals surface area contributed by atoms with Gasteiger partial charge in [-0.15, -0.1) is 0 Å². The van der Waals surface area contributed by atoms with Crippen LogP contribution in [0.5, 0.6) is 0 Å². The van der Waals surface area contributed by atoms with E-state index in [1.807, 2.05) is 23.1 Å². The zero-order valence-corrected chi connectivity index (χ0v) is 25.9. The Balaban J connectivity index is 1.07. The number of aliphatic hydroxyl groups is 1. The predicted molar refractivity (Wildman–Crippen MR) is 166 cm³/mol. The van der Waals surface area contributed by atoms with Crippen molar-refractivity contribution in [3.63, 3.8) is 0 Å². The van der Waals surface area contributed by atoms with E-state index in [0.717, 1.165) is 37.7 Å². The molecular weight excluding hydrogens is 625 g/mol. The largest absolute Gasteiger partial charge is 0.437 e. The molecule has 1 aromatic carbocycles. The van der Waals surface area contributed by atoms with Crippen LogP contribution >= 0.6 is 11.6 Å². The molecule has 1 aliphatic carbocycles. The molecular formula is C32H36ClF3N6O4. The number of alkyl halides is 3. The summed E-state index contributed by atoms with van der Waals surface area (Å²) in [7, 11) is 0. The summed E-state index contributed by atoms with van der Waals surface area (Å²) < 4.78 is 47.2. The van der Waals surface area contributed by atoms with Gasteiger partial charge < -0.3 is 29.5 Å². The molecule has 246 valence electrons. The number of nitrogens with one attached hydrogen (secondary N) is 1. The van der Waals surface area contributed by atoms with E-state index in [-0.39, 0.29) is 29.4 Å². The van der Waals surface area contributed by atoms with E-state index in [1.54, 1.807) is 28.0 Å². The van der Waals surface area contributed by atoms with Gasteiger partial charge in [-0.05, 0) is 55.0 Å². The highest BCUT2D eigenvalue weighted by Gasteiger charge is 2.43. The third-order valence-corrected chi connectivity index (χ3v) is 9.38. The summed E-state index contributed by atoms with van der Waals surface area (Å²) in [4.78, 5) is 39.2. The highest BCUT2D eigenvalue weighted by molar-refractivity contribution is 6.30. The third-order valence-electron chi connectivity index (χ3n) is 9.14. The molecule has 2 aliphatic heterocycles. The van der Waals surface area contributed by atoms with Crippen LogP contribution in [0.1, 0.15) is 66.3 Å². The molecule has 3 fully saturated rings. The van der Waals surface area contributed by atoms with Gasteiger partial charge in [0.1, 0.15) is 11.9 Å². The zero-order valence-electron chi connectivity index (χ0n) is 25.2. The van der Waals surface area contributed by atoms with Gasteiger partial charge in [0.2, 0.25) is 5.76 Å². The summed E-state index contributed by atoms with van der Waals surface area (Å²) in [6, 6.07) is 10.3. The summed E-state index contributed by atoms with van der Waals surface area (Å²) in [5.41, 5.74) is -0.237. The molecule has 0 radical (unpaired) electrons. The topological polar surface area (TPSA) is 115 Å². The molecule has 3 aliphatic rings. The van der Waals surface area contributed by atoms with Crippen molar-refractivity contribution in [1.82, 2.24) is 14.9 Å². The summed E-state index contributed by atoms with van der Waals surface area (Å²) in [5, 5.41) is 13.6. The van der Waals surface area contributed by atoms with Gasteiger partial charge in [0.05, 0.1) is 11.9 Å². The first-order valence-corrected chi connectivity index (χ1v) is 16.0. The van der Waals surface area contributed by atoms with Gasteiger partial charge in [-0.25, -0.2) is 4.98 Å². The number of pyridine rings is 1. The van der Waals surface area contributed by atoms with Crippen LogP contribution in [0.2, 0.25) is 5.02 Å². The van der Waals surface area contributed by atoms with Crippen molar-refractivity contribution in [3.8, 4) is 0 Å². The van der Waals surface area contributed by atoms with Gasteiger partial charge in [0.25, 0.3) is 17.8 Å². The zero-order chi connectivity index (χ0) is 32.4. The van der Waals surface area contributed by atoms with Crippen LogP contribution < -0.4 is 15.1 Å². The number of piperazine rings is 1. The maximum Gasteiger partial charge on any atom is 0.437 e. The molecule has 0 spiro atoms. The Hall–Kier alpha value is -3.84. The third kappa shape index (κ3) is 7.10. The fourth-order valence-corrected chi connectivity index (χ4v) is 6.78. The molecule has 1 unspecified atom stereocenters. The molecule has 14 heteroatoms. The van der Waals surface area contributed by atoms with Gasteiger partial charge in [0, 0.05) is 50.2 Å². The molecule has 0 bridgehead atoms. The summed E-state index contributed by atoms with van der Waals surface area (Å²) >= 11 is 6.11. The highest BCUT2D eigenvalue weighted by Crippen LogP contribution is 2.37. The molecule has 2 saturated heterocycles. The van der Waals surface area contributed by atoms with Crippen LogP contribution in [0.3, 0.4) is 0 Å². The molecule has 2 N–H and O–H groups in total. The predicted octanol–water partition coefficient (Wildman–Crippen LogP) is 5.58. The first-order valence-electron chi connectivity index (χ1n) is 15.6. The second-order valence-corrected chi connectivity index (χ2v) is 12.6. The number of hydrogen-bond acceptors (Lipinski definition) is 8. The van der Waals surface area contributed by atoms with Crippen LogP contribution in [0.15, 0.2) is 47.0 Å². The van der Waals surface area contributed by atoms with Crippen molar-refractivity contribution in [3.05, 3.63) is 64.6 Å². The van der Waals surface area contributed by atoms with Gasteiger partial charge in [0.15, 0.2) is 5.69 Å². The summed E-state index contributed by atoms with van der Waals surface area (Å²) in [6.45, 7) is 2.67. The van der Waals surface area contributed by atoms with Crippen molar-refractivity contribution in [2.24, 2.45) is 5.92 Å². The number of oxazole rings is 1. The first kappa shape index (κ1) is 32.1. The van der Waals surface area contributed by atoms with Crippen molar-refractivity contribution in [2.75, 3.05) is 54.4 Å². The number of benzene rings is 1. The lowest BCUT2D eigenvalue weighted by Crippen LogP contribution is -2.53. The fraction of sp³-hybridized carbons (Fsp3) is 0.500. The van der Waals surface area contributed by atoms with Crippen molar-refractivity contribution >= 4 is 40.9 Å². The monoisotopic (exact) mass is 660 g/mol. The second-order valence-electron chi connectivity index (χ2n) is 12.2. The molecule has 1 saturated carbocycles. The number of amides is 2. The Labute approximate surface area is 269 Å². The summed E-state index contributed by atoms with van der Waals surface area (Å²) in [6.07, 6.45) is 1.13. The lowest BCUT2D eigenvalue weighted by molar-refractivity contribution is -0.144. The minimum absolute atomic E-state index is 0.0201. The van der Waals surface area contributed by atoms with Crippen LogP contribution in [-0.4, -0.2) is 77.2 Å². The van der Waals surface area contributed by atoms with E-state index in [1.165, 1.54) is 6.20 Å². The molecule has 46 heavy (non-hydrogen) atoms. The number of halogens is 4. The van der Waals surface area contributed by atoms with Crippen molar-refractivity contribution < 1.29 is 32.3 Å².